The van der Waals surface area contributed by atoms with E-state index in [2.05, 4.69) is 0 Å². The third kappa shape index (κ3) is 2.33. The van der Waals surface area contributed by atoms with Crippen molar-refractivity contribution in [3.63, 3.8) is 0 Å². The number of benzene rings is 1. The molecule has 1 heterocycles. The lowest BCUT2D eigenvalue weighted by Crippen LogP contribution is -2.37. The van der Waals surface area contributed by atoms with Crippen molar-refractivity contribution in [2.45, 2.75) is 17.4 Å². The van der Waals surface area contributed by atoms with Crippen molar-refractivity contribution in [1.29, 1.82) is 0 Å². The van der Waals surface area contributed by atoms with Crippen LogP contribution in [0.25, 0.3) is 0 Å². The molecule has 0 aromatic heterocycles. The predicted molar refractivity (Wildman–Crippen MR) is 65.0 cm³/mol. The summed E-state index contributed by atoms with van der Waals surface area (Å²) in [6.07, 6.45) is 0.659. The zero-order valence-electron chi connectivity index (χ0n) is 9.97. The number of nitrogens with zero attached hydrogens (tertiary/aromatic N) is 1. The first-order valence-corrected chi connectivity index (χ1v) is 6.98. The van der Waals surface area contributed by atoms with E-state index < -0.39 is 15.8 Å². The summed E-state index contributed by atoms with van der Waals surface area (Å²) >= 11 is 0. The highest BCUT2D eigenvalue weighted by Crippen LogP contribution is 2.23. The van der Waals surface area contributed by atoms with Gasteiger partial charge < -0.3 is 10.5 Å². The fourth-order valence-electron chi connectivity index (χ4n) is 1.85. The van der Waals surface area contributed by atoms with E-state index in [0.29, 0.717) is 19.6 Å². The molecule has 0 aliphatic carbocycles. The molecule has 1 saturated heterocycles. The number of ether oxygens (including phenoxy) is 1. The van der Waals surface area contributed by atoms with Crippen molar-refractivity contribution < 1.29 is 17.5 Å². The Morgan fingerprint density at radius 3 is 2.78 bits per heavy atom. The third-order valence-corrected chi connectivity index (χ3v) is 4.97. The van der Waals surface area contributed by atoms with Crippen LogP contribution in [0.5, 0.6) is 0 Å². The van der Waals surface area contributed by atoms with Gasteiger partial charge in [0.2, 0.25) is 10.0 Å². The van der Waals surface area contributed by atoms with E-state index in [0.717, 1.165) is 12.1 Å². The normalized spacial score (nSPS) is 20.5. The van der Waals surface area contributed by atoms with Crippen LogP contribution >= 0.6 is 0 Å². The second-order valence-corrected chi connectivity index (χ2v) is 6.22. The second-order valence-electron chi connectivity index (χ2n) is 4.22. The van der Waals surface area contributed by atoms with Crippen molar-refractivity contribution in [1.82, 2.24) is 4.31 Å². The fraction of sp³-hybridized carbons (Fsp3) is 0.455. The van der Waals surface area contributed by atoms with Crippen molar-refractivity contribution >= 4 is 15.7 Å². The number of hydrogen-bond donors (Lipinski definition) is 1. The molecule has 1 unspecified atom stereocenters. The molecule has 2 rings (SSSR count). The van der Waals surface area contributed by atoms with Gasteiger partial charge in [0.05, 0.1) is 23.2 Å². The molecule has 0 bridgehead atoms. The maximum atomic E-state index is 13.0. The summed E-state index contributed by atoms with van der Waals surface area (Å²) in [6, 6.07) is 3.23. The van der Waals surface area contributed by atoms with Crippen molar-refractivity contribution in [2.24, 2.45) is 0 Å². The third-order valence-electron chi connectivity index (χ3n) is 3.06. The summed E-state index contributed by atoms with van der Waals surface area (Å²) in [5.74, 6) is -0.624. The van der Waals surface area contributed by atoms with Crippen LogP contribution in [0.4, 0.5) is 10.1 Å². The average Bonchev–Trinajstić information content (AvgIpc) is 2.85. The Morgan fingerprint density at radius 2 is 2.22 bits per heavy atom. The lowest BCUT2D eigenvalue weighted by atomic mass is 10.3. The molecular weight excluding hydrogens is 259 g/mol. The Labute approximate surface area is 105 Å². The number of nitrogen functional groups attached to an aromatic ring is 1. The van der Waals surface area contributed by atoms with Gasteiger partial charge in [-0.05, 0) is 24.6 Å². The summed E-state index contributed by atoms with van der Waals surface area (Å²) in [5, 5.41) is 0. The largest absolute Gasteiger partial charge is 0.396 e. The van der Waals surface area contributed by atoms with Crippen LogP contribution in [-0.2, 0) is 14.8 Å². The van der Waals surface area contributed by atoms with Gasteiger partial charge >= 0.3 is 0 Å². The summed E-state index contributed by atoms with van der Waals surface area (Å²) in [7, 11) is -2.16. The van der Waals surface area contributed by atoms with E-state index in [4.69, 9.17) is 10.5 Å². The highest BCUT2D eigenvalue weighted by Gasteiger charge is 2.30. The molecule has 0 amide bonds. The predicted octanol–water partition coefficient (Wildman–Crippen LogP) is 0.817. The lowest BCUT2D eigenvalue weighted by Gasteiger charge is -2.22. The Morgan fingerprint density at radius 1 is 1.50 bits per heavy atom. The topological polar surface area (TPSA) is 72.6 Å². The molecule has 0 saturated carbocycles. The minimum Gasteiger partial charge on any atom is -0.396 e. The van der Waals surface area contributed by atoms with E-state index >= 15 is 0 Å². The van der Waals surface area contributed by atoms with Crippen LogP contribution in [0.1, 0.15) is 6.42 Å². The van der Waals surface area contributed by atoms with Gasteiger partial charge in [-0.25, -0.2) is 12.8 Å². The summed E-state index contributed by atoms with van der Waals surface area (Å²) in [6.45, 7) is 0.933. The molecule has 1 aromatic carbocycles. The first kappa shape index (κ1) is 13.3. The SMILES string of the molecule is CN(C1CCOC1)S(=O)(=O)c1ccc(F)c(N)c1. The Kier molecular flexibility index (Phi) is 3.56. The molecule has 1 aliphatic rings. The molecular formula is C11H15FN2O3S. The van der Waals surface area contributed by atoms with E-state index in [1.165, 1.54) is 17.4 Å². The van der Waals surface area contributed by atoms with E-state index in [1.54, 1.807) is 0 Å². The molecule has 1 fully saturated rings. The minimum absolute atomic E-state index is 0.00389. The van der Waals surface area contributed by atoms with E-state index in [9.17, 15) is 12.8 Å². The first-order valence-electron chi connectivity index (χ1n) is 5.53. The van der Waals surface area contributed by atoms with Crippen molar-refractivity contribution in [2.75, 3.05) is 26.0 Å². The zero-order valence-corrected chi connectivity index (χ0v) is 10.8. The summed E-state index contributed by atoms with van der Waals surface area (Å²) < 4.78 is 44.0. The van der Waals surface area contributed by atoms with Gasteiger partial charge in [0.15, 0.2) is 0 Å². The number of halogens is 1. The van der Waals surface area contributed by atoms with Crippen LogP contribution in [0.3, 0.4) is 0 Å². The van der Waals surface area contributed by atoms with Crippen molar-refractivity contribution in [3.05, 3.63) is 24.0 Å². The molecule has 1 aromatic rings. The Bertz CT molecular complexity index is 541. The average molecular weight is 274 g/mol. The fourth-order valence-corrected chi connectivity index (χ4v) is 3.26. The standard InChI is InChI=1S/C11H15FN2O3S/c1-14(8-4-5-17-7-8)18(15,16)9-2-3-10(12)11(13)6-9/h2-3,6,8H,4-5,7,13H2,1H3. The van der Waals surface area contributed by atoms with Gasteiger partial charge in [0.1, 0.15) is 5.82 Å². The number of hydrogen-bond acceptors (Lipinski definition) is 4. The van der Waals surface area contributed by atoms with Gasteiger partial charge in [-0.2, -0.15) is 4.31 Å². The van der Waals surface area contributed by atoms with Gasteiger partial charge in [0.25, 0.3) is 0 Å². The Hall–Kier alpha value is -1.18. The molecule has 100 valence electrons. The zero-order chi connectivity index (χ0) is 13.3. The summed E-state index contributed by atoms with van der Waals surface area (Å²) in [5.41, 5.74) is 5.21. The maximum absolute atomic E-state index is 13.0. The number of sulfonamides is 1. The molecule has 2 N–H and O–H groups in total. The molecule has 1 aliphatic heterocycles. The van der Waals surface area contributed by atoms with Gasteiger partial charge in [-0.1, -0.05) is 0 Å². The summed E-state index contributed by atoms with van der Waals surface area (Å²) in [4.78, 5) is -0.00389. The molecule has 18 heavy (non-hydrogen) atoms. The monoisotopic (exact) mass is 274 g/mol. The first-order chi connectivity index (χ1) is 8.43. The number of nitrogens with two attached hydrogens (primary N) is 1. The van der Waals surface area contributed by atoms with Crippen LogP contribution < -0.4 is 5.73 Å². The highest BCUT2D eigenvalue weighted by molar-refractivity contribution is 7.89. The molecule has 7 heteroatoms. The maximum Gasteiger partial charge on any atom is 0.243 e. The molecule has 5 nitrogen and oxygen atoms in total. The van der Waals surface area contributed by atoms with Crippen LogP contribution in [0.2, 0.25) is 0 Å². The van der Waals surface area contributed by atoms with Crippen LogP contribution in [0, 0.1) is 5.82 Å². The highest BCUT2D eigenvalue weighted by atomic mass is 32.2. The number of rotatable bonds is 3. The Balaban J connectivity index is 2.32. The van der Waals surface area contributed by atoms with Gasteiger partial charge in [-0.15, -0.1) is 0 Å². The van der Waals surface area contributed by atoms with Crippen molar-refractivity contribution in [3.8, 4) is 0 Å². The minimum atomic E-state index is -3.66. The smallest absolute Gasteiger partial charge is 0.243 e. The van der Waals surface area contributed by atoms with E-state index in [1.807, 2.05) is 0 Å². The molecule has 0 spiro atoms. The quantitative estimate of drug-likeness (QED) is 0.828. The van der Waals surface area contributed by atoms with Gasteiger partial charge in [-0.3, -0.25) is 0 Å². The molecule has 1 atom stereocenters. The number of anilines is 1. The van der Waals surface area contributed by atoms with Crippen LogP contribution in [0.15, 0.2) is 23.1 Å². The van der Waals surface area contributed by atoms with E-state index in [-0.39, 0.29) is 16.6 Å². The van der Waals surface area contributed by atoms with Crippen LogP contribution in [-0.4, -0.2) is 39.0 Å². The van der Waals surface area contributed by atoms with Gasteiger partial charge in [0, 0.05) is 13.7 Å². The lowest BCUT2D eigenvalue weighted by molar-refractivity contribution is 0.181. The molecule has 0 radical (unpaired) electrons. The second kappa shape index (κ2) is 4.83. The number of likely N-dealkylation sites (N-methyl/N-ethyl adjacent to an activating group) is 1.